The van der Waals surface area contributed by atoms with E-state index in [2.05, 4.69) is 15.1 Å². The summed E-state index contributed by atoms with van der Waals surface area (Å²) in [6.45, 7) is 3.95. The highest BCUT2D eigenvalue weighted by Crippen LogP contribution is 2.07. The van der Waals surface area contributed by atoms with Crippen molar-refractivity contribution in [3.8, 4) is 0 Å². The largest absolute Gasteiger partial charge is 0.455 e. The number of fused-ring (bicyclic) bond motifs is 1. The number of aromatic nitrogens is 4. The van der Waals surface area contributed by atoms with Crippen molar-refractivity contribution >= 4 is 11.7 Å². The summed E-state index contributed by atoms with van der Waals surface area (Å²) in [6, 6.07) is 11.3. The van der Waals surface area contributed by atoms with Crippen LogP contribution < -0.4 is 0 Å². The molecule has 0 atom stereocenters. The molecule has 2 aromatic heterocycles. The molecule has 0 saturated carbocycles. The molecule has 0 aliphatic carbocycles. The van der Waals surface area contributed by atoms with E-state index in [1.807, 2.05) is 50.2 Å². The first-order chi connectivity index (χ1) is 10.1. The summed E-state index contributed by atoms with van der Waals surface area (Å²) >= 11 is 0. The Morgan fingerprint density at radius 1 is 1.19 bits per heavy atom. The van der Waals surface area contributed by atoms with Gasteiger partial charge in [-0.25, -0.2) is 14.3 Å². The van der Waals surface area contributed by atoms with E-state index in [4.69, 9.17) is 4.74 Å². The molecular weight excluding hydrogens is 268 g/mol. The standard InChI is InChI=1S/C15H14N4O2/c1-10-8-11(2)19-15(16-10)17-13(18-19)14(20)21-9-12-6-4-3-5-7-12/h3-8H,9H2,1-2H3. The first-order valence-corrected chi connectivity index (χ1v) is 6.55. The van der Waals surface area contributed by atoms with Gasteiger partial charge in [0.15, 0.2) is 0 Å². The van der Waals surface area contributed by atoms with Crippen LogP contribution in [-0.4, -0.2) is 25.6 Å². The molecule has 21 heavy (non-hydrogen) atoms. The summed E-state index contributed by atoms with van der Waals surface area (Å²) in [6.07, 6.45) is 0. The molecule has 2 heterocycles. The van der Waals surface area contributed by atoms with E-state index in [9.17, 15) is 4.79 Å². The lowest BCUT2D eigenvalue weighted by Crippen LogP contribution is -2.07. The summed E-state index contributed by atoms with van der Waals surface area (Å²) in [4.78, 5) is 20.3. The number of nitrogens with zero attached hydrogens (tertiary/aromatic N) is 4. The van der Waals surface area contributed by atoms with Crippen LogP contribution in [0.1, 0.15) is 27.6 Å². The molecular formula is C15H14N4O2. The fourth-order valence-electron chi connectivity index (χ4n) is 2.04. The average molecular weight is 282 g/mol. The van der Waals surface area contributed by atoms with Gasteiger partial charge in [0.1, 0.15) is 6.61 Å². The third-order valence-corrected chi connectivity index (χ3v) is 3.01. The Hall–Kier alpha value is -2.76. The first-order valence-electron chi connectivity index (χ1n) is 6.55. The first kappa shape index (κ1) is 13.2. The van der Waals surface area contributed by atoms with E-state index in [0.29, 0.717) is 5.78 Å². The molecule has 0 bridgehead atoms. The maximum atomic E-state index is 12.0. The molecule has 6 heteroatoms. The molecule has 3 aromatic rings. The van der Waals surface area contributed by atoms with Crippen LogP contribution in [0.4, 0.5) is 0 Å². The van der Waals surface area contributed by atoms with Crippen molar-refractivity contribution < 1.29 is 9.53 Å². The van der Waals surface area contributed by atoms with E-state index >= 15 is 0 Å². The smallest absolute Gasteiger partial charge is 0.378 e. The zero-order valence-electron chi connectivity index (χ0n) is 11.8. The van der Waals surface area contributed by atoms with Crippen LogP contribution >= 0.6 is 0 Å². The number of benzene rings is 1. The Balaban J connectivity index is 1.80. The molecule has 0 N–H and O–H groups in total. The van der Waals surface area contributed by atoms with Gasteiger partial charge >= 0.3 is 5.97 Å². The van der Waals surface area contributed by atoms with Crippen LogP contribution in [0.2, 0.25) is 0 Å². The van der Waals surface area contributed by atoms with Crippen LogP contribution in [-0.2, 0) is 11.3 Å². The second kappa shape index (κ2) is 5.32. The lowest BCUT2D eigenvalue weighted by atomic mass is 10.2. The van der Waals surface area contributed by atoms with Gasteiger partial charge in [-0.2, -0.15) is 4.98 Å². The SMILES string of the molecule is Cc1cc(C)n2nc(C(=O)OCc3ccccc3)nc2n1. The summed E-state index contributed by atoms with van der Waals surface area (Å²) < 4.78 is 6.74. The highest BCUT2D eigenvalue weighted by atomic mass is 16.5. The normalized spacial score (nSPS) is 10.8. The van der Waals surface area contributed by atoms with Crippen molar-refractivity contribution in [2.75, 3.05) is 0 Å². The van der Waals surface area contributed by atoms with Crippen molar-refractivity contribution in [3.63, 3.8) is 0 Å². The highest BCUT2D eigenvalue weighted by molar-refractivity contribution is 5.85. The molecule has 0 unspecified atom stereocenters. The van der Waals surface area contributed by atoms with Gasteiger partial charge in [-0.1, -0.05) is 30.3 Å². The van der Waals surface area contributed by atoms with Gasteiger partial charge in [0, 0.05) is 11.4 Å². The second-order valence-corrected chi connectivity index (χ2v) is 4.75. The second-order valence-electron chi connectivity index (χ2n) is 4.75. The van der Waals surface area contributed by atoms with Gasteiger partial charge in [-0.05, 0) is 25.5 Å². The third kappa shape index (κ3) is 2.74. The van der Waals surface area contributed by atoms with E-state index in [1.165, 1.54) is 4.52 Å². The Bertz CT molecular complexity index is 796. The zero-order chi connectivity index (χ0) is 14.8. The fourth-order valence-corrected chi connectivity index (χ4v) is 2.04. The van der Waals surface area contributed by atoms with Crippen molar-refractivity contribution in [1.82, 2.24) is 19.6 Å². The number of rotatable bonds is 3. The van der Waals surface area contributed by atoms with Crippen molar-refractivity contribution in [3.05, 3.63) is 59.2 Å². The summed E-state index contributed by atoms with van der Waals surface area (Å²) in [5, 5.41) is 4.13. The Morgan fingerprint density at radius 2 is 1.95 bits per heavy atom. The number of carbonyl (C=O) groups is 1. The monoisotopic (exact) mass is 282 g/mol. The molecule has 0 aliphatic rings. The number of hydrogen-bond donors (Lipinski definition) is 0. The molecule has 106 valence electrons. The van der Waals surface area contributed by atoms with Crippen LogP contribution in [0.25, 0.3) is 5.78 Å². The van der Waals surface area contributed by atoms with Gasteiger partial charge in [0.25, 0.3) is 11.6 Å². The molecule has 3 rings (SSSR count). The molecule has 0 spiro atoms. The molecule has 0 amide bonds. The average Bonchev–Trinajstić information content (AvgIpc) is 2.90. The van der Waals surface area contributed by atoms with Crippen molar-refractivity contribution in [2.24, 2.45) is 0 Å². The molecule has 0 radical (unpaired) electrons. The molecule has 6 nitrogen and oxygen atoms in total. The highest BCUT2D eigenvalue weighted by Gasteiger charge is 2.16. The van der Waals surface area contributed by atoms with Crippen LogP contribution in [0, 0.1) is 13.8 Å². The van der Waals surface area contributed by atoms with Gasteiger partial charge < -0.3 is 4.74 Å². The Morgan fingerprint density at radius 3 is 2.71 bits per heavy atom. The molecule has 0 fully saturated rings. The Labute approximate surface area is 121 Å². The van der Waals surface area contributed by atoms with Gasteiger partial charge in [0.2, 0.25) is 0 Å². The minimum atomic E-state index is -0.554. The van der Waals surface area contributed by atoms with Crippen molar-refractivity contribution in [2.45, 2.75) is 20.5 Å². The van der Waals surface area contributed by atoms with Crippen LogP contribution in [0.15, 0.2) is 36.4 Å². The molecule has 0 saturated heterocycles. The number of esters is 1. The van der Waals surface area contributed by atoms with Gasteiger partial charge in [-0.15, -0.1) is 5.10 Å². The molecule has 0 aliphatic heterocycles. The number of aryl methyl sites for hydroxylation is 2. The number of hydrogen-bond acceptors (Lipinski definition) is 5. The quantitative estimate of drug-likeness (QED) is 0.688. The minimum Gasteiger partial charge on any atom is -0.455 e. The van der Waals surface area contributed by atoms with E-state index in [-0.39, 0.29) is 12.4 Å². The number of carbonyl (C=O) groups excluding carboxylic acids is 1. The maximum Gasteiger partial charge on any atom is 0.378 e. The predicted octanol–water partition coefficient (Wildman–Crippen LogP) is 2.10. The Kier molecular flexibility index (Phi) is 3.35. The topological polar surface area (TPSA) is 69.4 Å². The van der Waals surface area contributed by atoms with E-state index in [0.717, 1.165) is 17.0 Å². The third-order valence-electron chi connectivity index (χ3n) is 3.01. The maximum absolute atomic E-state index is 12.0. The van der Waals surface area contributed by atoms with E-state index < -0.39 is 5.97 Å². The zero-order valence-corrected chi connectivity index (χ0v) is 11.8. The lowest BCUT2D eigenvalue weighted by Gasteiger charge is -2.01. The van der Waals surface area contributed by atoms with Gasteiger partial charge in [-0.3, -0.25) is 0 Å². The molecule has 1 aromatic carbocycles. The summed E-state index contributed by atoms with van der Waals surface area (Å²) in [7, 11) is 0. The minimum absolute atomic E-state index is 0.0205. The van der Waals surface area contributed by atoms with Crippen LogP contribution in [0.3, 0.4) is 0 Å². The van der Waals surface area contributed by atoms with Gasteiger partial charge in [0.05, 0.1) is 0 Å². The summed E-state index contributed by atoms with van der Waals surface area (Å²) in [5.41, 5.74) is 2.61. The lowest BCUT2D eigenvalue weighted by molar-refractivity contribution is 0.0458. The van der Waals surface area contributed by atoms with Crippen molar-refractivity contribution in [1.29, 1.82) is 0 Å². The predicted molar refractivity (Wildman–Crippen MR) is 75.8 cm³/mol. The number of ether oxygens (including phenoxy) is 1. The van der Waals surface area contributed by atoms with E-state index in [1.54, 1.807) is 0 Å². The fraction of sp³-hybridized carbons (Fsp3) is 0.200. The van der Waals surface area contributed by atoms with Crippen LogP contribution in [0.5, 0.6) is 0 Å². The summed E-state index contributed by atoms with van der Waals surface area (Å²) in [5.74, 6) is -0.132.